The summed E-state index contributed by atoms with van der Waals surface area (Å²) >= 11 is 0. The topological polar surface area (TPSA) is 42.2 Å². The number of rotatable bonds is 2. The molecule has 2 aromatic rings. The van der Waals surface area contributed by atoms with Gasteiger partial charge in [0.05, 0.1) is 0 Å². The maximum absolute atomic E-state index is 11.1. The van der Waals surface area contributed by atoms with Crippen molar-refractivity contribution in [2.24, 2.45) is 0 Å². The van der Waals surface area contributed by atoms with E-state index in [9.17, 15) is 4.79 Å². The second-order valence-corrected chi connectivity index (χ2v) is 3.17. The van der Waals surface area contributed by atoms with Gasteiger partial charge in [-0.3, -0.25) is 4.79 Å². The summed E-state index contributed by atoms with van der Waals surface area (Å²) in [6, 6.07) is 7.48. The van der Waals surface area contributed by atoms with Crippen molar-refractivity contribution in [3.8, 4) is 0 Å². The first-order valence-corrected chi connectivity index (χ1v) is 4.43. The van der Waals surface area contributed by atoms with E-state index in [1.54, 1.807) is 6.07 Å². The quantitative estimate of drug-likeness (QED) is 0.738. The molecule has 0 aliphatic heterocycles. The lowest BCUT2D eigenvalue weighted by molar-refractivity contribution is 0.0989. The summed E-state index contributed by atoms with van der Waals surface area (Å²) in [5, 5.41) is 3.98. The SMILES string of the molecule is CNc1ccc2oc(C(C)=O)cc2c1. The number of Topliss-reactive ketones (excluding diaryl/α,β-unsaturated/α-hetero) is 1. The molecule has 0 aliphatic rings. The van der Waals surface area contributed by atoms with E-state index in [0.717, 1.165) is 16.7 Å². The van der Waals surface area contributed by atoms with Crippen LogP contribution in [0.5, 0.6) is 0 Å². The van der Waals surface area contributed by atoms with Crippen LogP contribution in [0.15, 0.2) is 28.7 Å². The Kier molecular flexibility index (Phi) is 2.00. The van der Waals surface area contributed by atoms with E-state index >= 15 is 0 Å². The van der Waals surface area contributed by atoms with E-state index in [1.807, 2.05) is 25.2 Å². The van der Waals surface area contributed by atoms with Crippen LogP contribution >= 0.6 is 0 Å². The molecule has 0 radical (unpaired) electrons. The fourth-order valence-corrected chi connectivity index (χ4v) is 1.37. The fraction of sp³-hybridized carbons (Fsp3) is 0.182. The molecule has 1 heterocycles. The Morgan fingerprint density at radius 1 is 1.36 bits per heavy atom. The summed E-state index contributed by atoms with van der Waals surface area (Å²) in [6.45, 7) is 1.50. The maximum Gasteiger partial charge on any atom is 0.194 e. The van der Waals surface area contributed by atoms with Crippen molar-refractivity contribution in [2.45, 2.75) is 6.92 Å². The van der Waals surface area contributed by atoms with Gasteiger partial charge < -0.3 is 9.73 Å². The third-order valence-electron chi connectivity index (χ3n) is 2.15. The molecule has 0 spiro atoms. The summed E-state index contributed by atoms with van der Waals surface area (Å²) in [7, 11) is 1.85. The molecule has 1 aromatic carbocycles. The third-order valence-corrected chi connectivity index (χ3v) is 2.15. The van der Waals surface area contributed by atoms with E-state index in [1.165, 1.54) is 6.92 Å². The molecule has 3 nitrogen and oxygen atoms in total. The Bertz CT molecular complexity index is 485. The minimum absolute atomic E-state index is 0.0489. The second-order valence-electron chi connectivity index (χ2n) is 3.17. The number of nitrogens with one attached hydrogen (secondary N) is 1. The van der Waals surface area contributed by atoms with Crippen LogP contribution in [0.3, 0.4) is 0 Å². The van der Waals surface area contributed by atoms with Crippen LogP contribution in [0.1, 0.15) is 17.5 Å². The minimum Gasteiger partial charge on any atom is -0.453 e. The molecule has 0 amide bonds. The molecule has 0 unspecified atom stereocenters. The third kappa shape index (κ3) is 1.37. The Hall–Kier alpha value is -1.77. The van der Waals surface area contributed by atoms with Gasteiger partial charge in [0, 0.05) is 25.0 Å². The molecule has 0 saturated heterocycles. The van der Waals surface area contributed by atoms with Crippen molar-refractivity contribution in [2.75, 3.05) is 12.4 Å². The highest BCUT2D eigenvalue weighted by Crippen LogP contribution is 2.22. The number of ketones is 1. The van der Waals surface area contributed by atoms with Crippen LogP contribution in [-0.4, -0.2) is 12.8 Å². The van der Waals surface area contributed by atoms with E-state index < -0.39 is 0 Å². The molecule has 0 atom stereocenters. The first kappa shape index (κ1) is 8.81. The van der Waals surface area contributed by atoms with Crippen LogP contribution in [0, 0.1) is 0 Å². The van der Waals surface area contributed by atoms with Gasteiger partial charge in [-0.1, -0.05) is 0 Å². The first-order chi connectivity index (χ1) is 6.70. The molecule has 1 aromatic heterocycles. The van der Waals surface area contributed by atoms with E-state index in [4.69, 9.17) is 4.42 Å². The van der Waals surface area contributed by atoms with Gasteiger partial charge in [0.1, 0.15) is 5.58 Å². The minimum atomic E-state index is -0.0489. The van der Waals surface area contributed by atoms with Gasteiger partial charge in [0.15, 0.2) is 11.5 Å². The highest BCUT2D eigenvalue weighted by molar-refractivity contribution is 5.96. The van der Waals surface area contributed by atoms with Crippen LogP contribution in [0.2, 0.25) is 0 Å². The fourth-order valence-electron chi connectivity index (χ4n) is 1.37. The van der Waals surface area contributed by atoms with Crippen molar-refractivity contribution in [1.82, 2.24) is 0 Å². The lowest BCUT2D eigenvalue weighted by Gasteiger charge is -1.96. The summed E-state index contributed by atoms with van der Waals surface area (Å²) in [6.07, 6.45) is 0. The Morgan fingerprint density at radius 2 is 2.14 bits per heavy atom. The molecule has 14 heavy (non-hydrogen) atoms. The van der Waals surface area contributed by atoms with Crippen molar-refractivity contribution in [3.05, 3.63) is 30.0 Å². The first-order valence-electron chi connectivity index (χ1n) is 4.43. The number of furan rings is 1. The van der Waals surface area contributed by atoms with Crippen LogP contribution in [-0.2, 0) is 0 Å². The smallest absolute Gasteiger partial charge is 0.194 e. The van der Waals surface area contributed by atoms with Gasteiger partial charge in [-0.2, -0.15) is 0 Å². The predicted molar refractivity (Wildman–Crippen MR) is 55.8 cm³/mol. The highest BCUT2D eigenvalue weighted by Gasteiger charge is 2.07. The molecule has 0 fully saturated rings. The molecular formula is C11H11NO2. The average molecular weight is 189 g/mol. The average Bonchev–Trinajstić information content (AvgIpc) is 2.59. The molecule has 0 aliphatic carbocycles. The number of hydrogen-bond acceptors (Lipinski definition) is 3. The van der Waals surface area contributed by atoms with Crippen molar-refractivity contribution in [3.63, 3.8) is 0 Å². The summed E-state index contributed by atoms with van der Waals surface area (Å²) in [5.41, 5.74) is 1.75. The van der Waals surface area contributed by atoms with Gasteiger partial charge >= 0.3 is 0 Å². The zero-order chi connectivity index (χ0) is 10.1. The van der Waals surface area contributed by atoms with E-state index in [0.29, 0.717) is 5.76 Å². The summed E-state index contributed by atoms with van der Waals surface area (Å²) in [4.78, 5) is 11.1. The summed E-state index contributed by atoms with van der Waals surface area (Å²) < 4.78 is 5.35. The number of fused-ring (bicyclic) bond motifs is 1. The normalized spacial score (nSPS) is 10.4. The van der Waals surface area contributed by atoms with Crippen LogP contribution < -0.4 is 5.32 Å². The van der Waals surface area contributed by atoms with Gasteiger partial charge in [-0.25, -0.2) is 0 Å². The molecule has 0 saturated carbocycles. The number of carbonyl (C=O) groups is 1. The van der Waals surface area contributed by atoms with Crippen molar-refractivity contribution < 1.29 is 9.21 Å². The van der Waals surface area contributed by atoms with Gasteiger partial charge in [0.25, 0.3) is 0 Å². The summed E-state index contributed by atoms with van der Waals surface area (Å²) in [5.74, 6) is 0.362. The molecular weight excluding hydrogens is 178 g/mol. The Morgan fingerprint density at radius 3 is 2.79 bits per heavy atom. The van der Waals surface area contributed by atoms with Crippen molar-refractivity contribution in [1.29, 1.82) is 0 Å². The van der Waals surface area contributed by atoms with Crippen LogP contribution in [0.25, 0.3) is 11.0 Å². The lowest BCUT2D eigenvalue weighted by Crippen LogP contribution is -1.85. The molecule has 72 valence electrons. The second kappa shape index (κ2) is 3.18. The standard InChI is InChI=1S/C11H11NO2/c1-7(13)11-6-8-5-9(12-2)3-4-10(8)14-11/h3-6,12H,1-2H3. The predicted octanol–water partition coefficient (Wildman–Crippen LogP) is 2.68. The number of carbonyl (C=O) groups excluding carboxylic acids is 1. The molecule has 2 rings (SSSR count). The monoisotopic (exact) mass is 189 g/mol. The zero-order valence-corrected chi connectivity index (χ0v) is 8.13. The maximum atomic E-state index is 11.1. The van der Waals surface area contributed by atoms with Gasteiger partial charge in [-0.05, 0) is 24.3 Å². The molecule has 0 bridgehead atoms. The largest absolute Gasteiger partial charge is 0.453 e. The molecule has 1 N–H and O–H groups in total. The number of anilines is 1. The Balaban J connectivity index is 2.60. The van der Waals surface area contributed by atoms with Gasteiger partial charge in [-0.15, -0.1) is 0 Å². The Labute approximate surface area is 81.7 Å². The van der Waals surface area contributed by atoms with Gasteiger partial charge in [0.2, 0.25) is 0 Å². The molecule has 3 heteroatoms. The number of benzene rings is 1. The van der Waals surface area contributed by atoms with E-state index in [-0.39, 0.29) is 5.78 Å². The van der Waals surface area contributed by atoms with Crippen LogP contribution in [0.4, 0.5) is 5.69 Å². The zero-order valence-electron chi connectivity index (χ0n) is 8.13. The highest BCUT2D eigenvalue weighted by atomic mass is 16.3. The lowest BCUT2D eigenvalue weighted by atomic mass is 10.2. The van der Waals surface area contributed by atoms with Crippen molar-refractivity contribution >= 4 is 22.4 Å². The van der Waals surface area contributed by atoms with E-state index in [2.05, 4.69) is 5.32 Å². The number of hydrogen-bond donors (Lipinski definition) is 1.